The van der Waals surface area contributed by atoms with Crippen molar-refractivity contribution in [1.82, 2.24) is 10.2 Å². The molecule has 3 aromatic carbocycles. The monoisotopic (exact) mass is 603 g/mol. The molecule has 0 fully saturated rings. The van der Waals surface area contributed by atoms with Gasteiger partial charge in [0.2, 0.25) is 21.8 Å². The number of amides is 2. The molecular formula is C30H35Cl2N3O4S. The number of nitrogens with zero attached hydrogens (tertiary/aromatic N) is 2. The van der Waals surface area contributed by atoms with Gasteiger partial charge in [-0.05, 0) is 43.2 Å². The van der Waals surface area contributed by atoms with E-state index in [4.69, 9.17) is 23.2 Å². The third kappa shape index (κ3) is 8.71. The molecule has 3 aromatic rings. The van der Waals surface area contributed by atoms with Crippen LogP contribution in [0.3, 0.4) is 0 Å². The fourth-order valence-corrected chi connectivity index (χ4v) is 5.61. The molecule has 214 valence electrons. The van der Waals surface area contributed by atoms with Gasteiger partial charge in [-0.2, -0.15) is 0 Å². The van der Waals surface area contributed by atoms with E-state index in [-0.39, 0.29) is 18.9 Å². The fourth-order valence-electron chi connectivity index (χ4n) is 4.24. The van der Waals surface area contributed by atoms with Crippen molar-refractivity contribution in [3.8, 4) is 0 Å². The average molecular weight is 605 g/mol. The minimum absolute atomic E-state index is 0.0818. The second-order valence-corrected chi connectivity index (χ2v) is 12.4. The Labute approximate surface area is 247 Å². The number of anilines is 1. The van der Waals surface area contributed by atoms with Crippen LogP contribution >= 0.6 is 23.2 Å². The van der Waals surface area contributed by atoms with Crippen molar-refractivity contribution in [2.24, 2.45) is 0 Å². The second kappa shape index (κ2) is 14.5. The van der Waals surface area contributed by atoms with Gasteiger partial charge in [0.25, 0.3) is 0 Å². The van der Waals surface area contributed by atoms with Crippen LogP contribution in [0.1, 0.15) is 36.5 Å². The number of benzene rings is 3. The maximum absolute atomic E-state index is 14.1. The number of carbonyl (C=O) groups is 2. The lowest BCUT2D eigenvalue weighted by atomic mass is 10.0. The molecule has 0 aromatic heterocycles. The van der Waals surface area contributed by atoms with Crippen LogP contribution in [0, 0.1) is 6.92 Å². The van der Waals surface area contributed by atoms with Crippen molar-refractivity contribution < 1.29 is 18.0 Å². The molecule has 3 rings (SSSR count). The molecule has 0 aliphatic heterocycles. The summed E-state index contributed by atoms with van der Waals surface area (Å²) in [6, 6.07) is 20.3. The van der Waals surface area contributed by atoms with E-state index in [1.54, 1.807) is 42.5 Å². The lowest BCUT2D eigenvalue weighted by Crippen LogP contribution is -2.53. The van der Waals surface area contributed by atoms with Gasteiger partial charge in [0.1, 0.15) is 12.6 Å². The van der Waals surface area contributed by atoms with E-state index in [9.17, 15) is 18.0 Å². The summed E-state index contributed by atoms with van der Waals surface area (Å²) in [5.74, 6) is -0.899. The Hall–Kier alpha value is -3.07. The number of hydrogen-bond acceptors (Lipinski definition) is 4. The maximum atomic E-state index is 14.1. The summed E-state index contributed by atoms with van der Waals surface area (Å²) >= 11 is 13.0. The van der Waals surface area contributed by atoms with Crippen LogP contribution in [0.5, 0.6) is 0 Å². The van der Waals surface area contributed by atoms with E-state index in [1.165, 1.54) is 4.90 Å². The molecular weight excluding hydrogens is 569 g/mol. The molecule has 0 unspecified atom stereocenters. The van der Waals surface area contributed by atoms with Crippen LogP contribution < -0.4 is 9.62 Å². The van der Waals surface area contributed by atoms with Gasteiger partial charge in [0, 0.05) is 35.1 Å². The molecule has 0 radical (unpaired) electrons. The zero-order valence-electron chi connectivity index (χ0n) is 22.9. The van der Waals surface area contributed by atoms with Crippen LogP contribution in [-0.2, 0) is 32.6 Å². The Morgan fingerprint density at radius 1 is 0.925 bits per heavy atom. The Balaban J connectivity index is 2.07. The topological polar surface area (TPSA) is 86.8 Å². The number of unbranched alkanes of at least 4 members (excludes halogenated alkanes) is 1. The zero-order valence-corrected chi connectivity index (χ0v) is 25.3. The van der Waals surface area contributed by atoms with Crippen molar-refractivity contribution in [2.75, 3.05) is 23.7 Å². The Morgan fingerprint density at radius 3 is 2.12 bits per heavy atom. The van der Waals surface area contributed by atoms with Gasteiger partial charge >= 0.3 is 0 Å². The summed E-state index contributed by atoms with van der Waals surface area (Å²) in [6.45, 7) is 3.78. The molecule has 1 atom stereocenters. The van der Waals surface area contributed by atoms with Crippen molar-refractivity contribution in [3.63, 3.8) is 0 Å². The first-order valence-corrected chi connectivity index (χ1v) is 15.7. The molecule has 0 heterocycles. The average Bonchev–Trinajstić information content (AvgIpc) is 2.91. The van der Waals surface area contributed by atoms with Gasteiger partial charge in [0.15, 0.2) is 0 Å². The Kier molecular flexibility index (Phi) is 11.4. The summed E-state index contributed by atoms with van der Waals surface area (Å²) in [6.07, 6.45) is 2.94. The largest absolute Gasteiger partial charge is 0.354 e. The lowest BCUT2D eigenvalue weighted by molar-refractivity contribution is -0.140. The summed E-state index contributed by atoms with van der Waals surface area (Å²) in [7, 11) is -3.84. The van der Waals surface area contributed by atoms with E-state index in [0.29, 0.717) is 27.8 Å². The molecule has 0 spiro atoms. The maximum Gasteiger partial charge on any atom is 0.244 e. The number of sulfonamides is 1. The highest BCUT2D eigenvalue weighted by molar-refractivity contribution is 7.92. The molecule has 7 nitrogen and oxygen atoms in total. The van der Waals surface area contributed by atoms with Crippen LogP contribution in [0.25, 0.3) is 0 Å². The molecule has 10 heteroatoms. The molecule has 0 bridgehead atoms. The normalized spacial score (nSPS) is 12.0. The van der Waals surface area contributed by atoms with Crippen LogP contribution in [0.2, 0.25) is 10.0 Å². The van der Waals surface area contributed by atoms with Gasteiger partial charge in [-0.25, -0.2) is 8.42 Å². The highest BCUT2D eigenvalue weighted by atomic mass is 35.5. The van der Waals surface area contributed by atoms with E-state index in [0.717, 1.165) is 34.5 Å². The van der Waals surface area contributed by atoms with Gasteiger partial charge in [-0.1, -0.05) is 90.6 Å². The van der Waals surface area contributed by atoms with Gasteiger partial charge in [-0.15, -0.1) is 0 Å². The Bertz CT molecular complexity index is 1380. The summed E-state index contributed by atoms with van der Waals surface area (Å²) in [5, 5.41) is 3.63. The van der Waals surface area contributed by atoms with Crippen molar-refractivity contribution >= 4 is 50.7 Å². The van der Waals surface area contributed by atoms with Crippen LogP contribution in [0.15, 0.2) is 72.8 Å². The smallest absolute Gasteiger partial charge is 0.244 e. The van der Waals surface area contributed by atoms with Crippen molar-refractivity contribution in [3.05, 3.63) is 99.5 Å². The van der Waals surface area contributed by atoms with Crippen molar-refractivity contribution in [2.45, 2.75) is 45.7 Å². The highest BCUT2D eigenvalue weighted by Crippen LogP contribution is 2.28. The predicted molar refractivity (Wildman–Crippen MR) is 162 cm³/mol. The van der Waals surface area contributed by atoms with E-state index < -0.39 is 28.5 Å². The van der Waals surface area contributed by atoms with E-state index in [2.05, 4.69) is 5.32 Å². The third-order valence-corrected chi connectivity index (χ3v) is 8.34. The first-order valence-electron chi connectivity index (χ1n) is 13.1. The first kappa shape index (κ1) is 31.5. The molecule has 0 aliphatic rings. The van der Waals surface area contributed by atoms with Gasteiger partial charge in [-0.3, -0.25) is 13.9 Å². The van der Waals surface area contributed by atoms with Crippen LogP contribution in [0.4, 0.5) is 5.69 Å². The number of carbonyl (C=O) groups excluding carboxylic acids is 2. The standard InChI is InChI=1S/C30H35Cl2N3O4S/c1-4-5-18-33-30(37)28(19-23-10-7-6-8-11-23)34(20-25-26(31)12-9-13-27(25)32)29(36)21-35(40(3,38)39)24-16-14-22(2)15-17-24/h6-17,28H,4-5,18-21H2,1-3H3,(H,33,37)/t28-/m0/s1. The van der Waals surface area contributed by atoms with E-state index >= 15 is 0 Å². The van der Waals surface area contributed by atoms with Gasteiger partial charge in [0.05, 0.1) is 11.9 Å². The second-order valence-electron chi connectivity index (χ2n) is 9.68. The lowest BCUT2D eigenvalue weighted by Gasteiger charge is -2.34. The van der Waals surface area contributed by atoms with E-state index in [1.807, 2.05) is 44.2 Å². The molecule has 40 heavy (non-hydrogen) atoms. The molecule has 1 N–H and O–H groups in total. The highest BCUT2D eigenvalue weighted by Gasteiger charge is 2.33. The first-order chi connectivity index (χ1) is 19.0. The molecule has 0 aliphatic carbocycles. The molecule has 0 saturated heterocycles. The number of nitrogens with one attached hydrogen (secondary N) is 1. The summed E-state index contributed by atoms with van der Waals surface area (Å²) in [4.78, 5) is 29.1. The summed E-state index contributed by atoms with van der Waals surface area (Å²) in [5.41, 5.74) is 2.62. The SMILES string of the molecule is CCCCNC(=O)[C@H](Cc1ccccc1)N(Cc1c(Cl)cccc1Cl)C(=O)CN(c1ccc(C)cc1)S(C)(=O)=O. The molecule has 2 amide bonds. The quantitative estimate of drug-likeness (QED) is 0.257. The fraction of sp³-hybridized carbons (Fsp3) is 0.333. The Morgan fingerprint density at radius 2 is 1.55 bits per heavy atom. The molecule has 0 saturated carbocycles. The number of hydrogen-bond donors (Lipinski definition) is 1. The number of rotatable bonds is 13. The zero-order chi connectivity index (χ0) is 29.3. The summed E-state index contributed by atoms with van der Waals surface area (Å²) < 4.78 is 26.7. The van der Waals surface area contributed by atoms with Gasteiger partial charge < -0.3 is 10.2 Å². The van der Waals surface area contributed by atoms with Crippen LogP contribution in [-0.4, -0.2) is 50.5 Å². The predicted octanol–water partition coefficient (Wildman–Crippen LogP) is 5.62. The number of halogens is 2. The minimum atomic E-state index is -3.84. The number of aryl methyl sites for hydroxylation is 1. The third-order valence-electron chi connectivity index (χ3n) is 6.49. The van der Waals surface area contributed by atoms with Crippen molar-refractivity contribution in [1.29, 1.82) is 0 Å². The minimum Gasteiger partial charge on any atom is -0.354 e.